The molecular formula is C18H28N4. The summed E-state index contributed by atoms with van der Waals surface area (Å²) in [6, 6.07) is 8.27. The van der Waals surface area contributed by atoms with Crippen molar-refractivity contribution in [2.45, 2.75) is 53.1 Å². The Bertz CT molecular complexity index is 566. The highest BCUT2D eigenvalue weighted by atomic mass is 15.2. The Morgan fingerprint density at radius 2 is 1.95 bits per heavy atom. The van der Waals surface area contributed by atoms with Crippen molar-refractivity contribution < 1.29 is 0 Å². The minimum absolute atomic E-state index is 0.0820. The molecule has 0 amide bonds. The first-order chi connectivity index (χ1) is 10.3. The summed E-state index contributed by atoms with van der Waals surface area (Å²) in [5.74, 6) is 0.619. The van der Waals surface area contributed by atoms with Crippen molar-refractivity contribution in [3.8, 4) is 0 Å². The van der Waals surface area contributed by atoms with E-state index < -0.39 is 0 Å². The van der Waals surface area contributed by atoms with E-state index in [-0.39, 0.29) is 5.41 Å². The maximum Gasteiger partial charge on any atom is 0.0678 e. The number of hydrogen-bond acceptors (Lipinski definition) is 3. The molecule has 0 aliphatic rings. The fourth-order valence-corrected chi connectivity index (χ4v) is 2.49. The topological polar surface area (TPSA) is 44.8 Å². The lowest BCUT2D eigenvalue weighted by Crippen LogP contribution is -2.27. The normalized spacial score (nSPS) is 12.3. The molecule has 0 bridgehead atoms. The Morgan fingerprint density at radius 1 is 1.18 bits per heavy atom. The zero-order valence-corrected chi connectivity index (χ0v) is 14.4. The van der Waals surface area contributed by atoms with Crippen LogP contribution < -0.4 is 0 Å². The molecule has 0 fully saturated rings. The Morgan fingerprint density at radius 3 is 2.50 bits per heavy atom. The van der Waals surface area contributed by atoms with E-state index >= 15 is 0 Å². The summed E-state index contributed by atoms with van der Waals surface area (Å²) >= 11 is 0. The van der Waals surface area contributed by atoms with Crippen LogP contribution in [0, 0.1) is 5.92 Å². The van der Waals surface area contributed by atoms with E-state index in [1.165, 1.54) is 5.69 Å². The lowest BCUT2D eigenvalue weighted by Gasteiger charge is -2.23. The van der Waals surface area contributed by atoms with Gasteiger partial charge in [0.1, 0.15) is 0 Å². The minimum Gasteiger partial charge on any atom is -0.291 e. The molecule has 0 radical (unpaired) electrons. The number of nitrogens with zero attached hydrogens (tertiary/aromatic N) is 3. The van der Waals surface area contributed by atoms with E-state index in [1.807, 2.05) is 18.3 Å². The van der Waals surface area contributed by atoms with Gasteiger partial charge < -0.3 is 0 Å². The Labute approximate surface area is 134 Å². The second kappa shape index (κ2) is 7.05. The van der Waals surface area contributed by atoms with Gasteiger partial charge in [-0.15, -0.1) is 0 Å². The number of nitrogens with one attached hydrogen (secondary N) is 1. The largest absolute Gasteiger partial charge is 0.291 e. The van der Waals surface area contributed by atoms with Crippen molar-refractivity contribution in [1.82, 2.24) is 20.1 Å². The third kappa shape index (κ3) is 4.95. The van der Waals surface area contributed by atoms with Crippen LogP contribution in [0.4, 0.5) is 0 Å². The van der Waals surface area contributed by atoms with Gasteiger partial charge in [0, 0.05) is 36.9 Å². The molecular weight excluding hydrogens is 272 g/mol. The molecule has 1 N–H and O–H groups in total. The van der Waals surface area contributed by atoms with Gasteiger partial charge in [-0.05, 0) is 24.1 Å². The predicted molar refractivity (Wildman–Crippen MR) is 90.5 cm³/mol. The van der Waals surface area contributed by atoms with Gasteiger partial charge in [-0.3, -0.25) is 15.0 Å². The SMILES string of the molecule is CC(C)CN(Cc1ccccn1)Cc1cc(C(C)(C)C)n[nH]1. The first kappa shape index (κ1) is 16.7. The molecule has 0 aromatic carbocycles. The molecule has 0 atom stereocenters. The smallest absolute Gasteiger partial charge is 0.0678 e. The lowest BCUT2D eigenvalue weighted by atomic mass is 9.92. The molecule has 0 aliphatic carbocycles. The molecule has 4 nitrogen and oxygen atoms in total. The van der Waals surface area contributed by atoms with E-state index in [4.69, 9.17) is 0 Å². The molecule has 0 saturated heterocycles. The Kier molecular flexibility index (Phi) is 5.35. The van der Waals surface area contributed by atoms with Gasteiger partial charge in [0.15, 0.2) is 0 Å². The molecule has 0 spiro atoms. The van der Waals surface area contributed by atoms with Gasteiger partial charge >= 0.3 is 0 Å². The van der Waals surface area contributed by atoms with E-state index in [9.17, 15) is 0 Å². The van der Waals surface area contributed by atoms with Crippen LogP contribution in [0.25, 0.3) is 0 Å². The maximum absolute atomic E-state index is 4.46. The van der Waals surface area contributed by atoms with Crippen LogP contribution >= 0.6 is 0 Å². The van der Waals surface area contributed by atoms with Gasteiger partial charge in [0.05, 0.1) is 11.4 Å². The first-order valence-electron chi connectivity index (χ1n) is 8.01. The standard InChI is InChI=1S/C18H28N4/c1-14(2)11-22(12-15-8-6-7-9-19-15)13-16-10-17(21-20-16)18(3,4)5/h6-10,14H,11-13H2,1-5H3,(H,20,21). The Balaban J connectivity index is 2.08. The second-order valence-electron chi connectivity index (χ2n) is 7.41. The number of aromatic amines is 1. The molecule has 2 aromatic heterocycles. The van der Waals surface area contributed by atoms with Crippen molar-refractivity contribution in [1.29, 1.82) is 0 Å². The van der Waals surface area contributed by atoms with Crippen molar-refractivity contribution in [3.05, 3.63) is 47.5 Å². The molecule has 22 heavy (non-hydrogen) atoms. The highest BCUT2D eigenvalue weighted by molar-refractivity contribution is 5.16. The van der Waals surface area contributed by atoms with Crippen LogP contribution in [0.15, 0.2) is 30.5 Å². The van der Waals surface area contributed by atoms with Crippen molar-refractivity contribution in [2.75, 3.05) is 6.54 Å². The second-order valence-corrected chi connectivity index (χ2v) is 7.41. The molecule has 2 rings (SSSR count). The molecule has 120 valence electrons. The van der Waals surface area contributed by atoms with E-state index in [0.29, 0.717) is 5.92 Å². The average Bonchev–Trinajstić information content (AvgIpc) is 2.87. The number of pyridine rings is 1. The van der Waals surface area contributed by atoms with Gasteiger partial charge in [-0.2, -0.15) is 5.10 Å². The van der Waals surface area contributed by atoms with E-state index in [2.05, 4.69) is 66.8 Å². The molecule has 0 aliphatic heterocycles. The summed E-state index contributed by atoms with van der Waals surface area (Å²) in [5.41, 5.74) is 3.48. The highest BCUT2D eigenvalue weighted by Gasteiger charge is 2.18. The summed E-state index contributed by atoms with van der Waals surface area (Å²) in [6.07, 6.45) is 1.86. The maximum atomic E-state index is 4.46. The molecule has 0 unspecified atom stereocenters. The number of aromatic nitrogens is 3. The summed E-state index contributed by atoms with van der Waals surface area (Å²) < 4.78 is 0. The first-order valence-corrected chi connectivity index (χ1v) is 8.01. The zero-order chi connectivity index (χ0) is 16.2. The minimum atomic E-state index is 0.0820. The third-order valence-corrected chi connectivity index (χ3v) is 3.53. The van der Waals surface area contributed by atoms with Crippen LogP contribution in [0.1, 0.15) is 51.7 Å². The molecule has 2 aromatic rings. The lowest BCUT2D eigenvalue weighted by molar-refractivity contribution is 0.222. The van der Waals surface area contributed by atoms with Crippen LogP contribution in [-0.2, 0) is 18.5 Å². The third-order valence-electron chi connectivity index (χ3n) is 3.53. The quantitative estimate of drug-likeness (QED) is 0.883. The van der Waals surface area contributed by atoms with Crippen molar-refractivity contribution >= 4 is 0 Å². The van der Waals surface area contributed by atoms with Crippen LogP contribution in [-0.4, -0.2) is 26.6 Å². The Hall–Kier alpha value is -1.68. The monoisotopic (exact) mass is 300 g/mol. The number of hydrogen-bond donors (Lipinski definition) is 1. The van der Waals surface area contributed by atoms with E-state index in [0.717, 1.165) is 31.0 Å². The summed E-state index contributed by atoms with van der Waals surface area (Å²) in [7, 11) is 0. The summed E-state index contributed by atoms with van der Waals surface area (Å²) in [5, 5.41) is 7.65. The van der Waals surface area contributed by atoms with Crippen LogP contribution in [0.5, 0.6) is 0 Å². The van der Waals surface area contributed by atoms with Crippen LogP contribution in [0.3, 0.4) is 0 Å². The van der Waals surface area contributed by atoms with Crippen molar-refractivity contribution in [2.24, 2.45) is 5.92 Å². The fourth-order valence-electron chi connectivity index (χ4n) is 2.49. The number of H-pyrrole nitrogens is 1. The summed E-state index contributed by atoms with van der Waals surface area (Å²) in [4.78, 5) is 6.87. The molecule has 0 saturated carbocycles. The molecule has 4 heteroatoms. The van der Waals surface area contributed by atoms with Crippen LogP contribution in [0.2, 0.25) is 0 Å². The zero-order valence-electron chi connectivity index (χ0n) is 14.4. The van der Waals surface area contributed by atoms with Gasteiger partial charge in [0.2, 0.25) is 0 Å². The van der Waals surface area contributed by atoms with Crippen molar-refractivity contribution in [3.63, 3.8) is 0 Å². The van der Waals surface area contributed by atoms with Gasteiger partial charge in [0.25, 0.3) is 0 Å². The highest BCUT2D eigenvalue weighted by Crippen LogP contribution is 2.21. The van der Waals surface area contributed by atoms with Gasteiger partial charge in [-0.25, -0.2) is 0 Å². The predicted octanol–water partition coefficient (Wildman–Crippen LogP) is 3.76. The fraction of sp³-hybridized carbons (Fsp3) is 0.556. The summed E-state index contributed by atoms with van der Waals surface area (Å²) in [6.45, 7) is 13.8. The van der Waals surface area contributed by atoms with E-state index in [1.54, 1.807) is 0 Å². The number of rotatable bonds is 6. The molecule has 2 heterocycles. The average molecular weight is 300 g/mol. The van der Waals surface area contributed by atoms with Gasteiger partial charge in [-0.1, -0.05) is 40.7 Å².